The van der Waals surface area contributed by atoms with Gasteiger partial charge < -0.3 is 4.74 Å². The summed E-state index contributed by atoms with van der Waals surface area (Å²) in [7, 11) is 0. The molecule has 0 radical (unpaired) electrons. The minimum absolute atomic E-state index is 0.0504. The van der Waals surface area contributed by atoms with E-state index < -0.39 is 29.8 Å². The van der Waals surface area contributed by atoms with Crippen LogP contribution in [0.15, 0.2) is 23.7 Å². The Bertz CT molecular complexity index is 368. The Morgan fingerprint density at radius 1 is 1.20 bits per heavy atom. The number of hydrogen-bond acceptors (Lipinski definition) is 1. The van der Waals surface area contributed by atoms with E-state index in [2.05, 4.69) is 0 Å². The third-order valence-electron chi connectivity index (χ3n) is 3.48. The van der Waals surface area contributed by atoms with Crippen molar-refractivity contribution in [2.75, 3.05) is 0 Å². The van der Waals surface area contributed by atoms with Crippen molar-refractivity contribution in [3.05, 3.63) is 23.7 Å². The van der Waals surface area contributed by atoms with Crippen LogP contribution >= 0.6 is 0 Å². The van der Waals surface area contributed by atoms with Crippen molar-refractivity contribution in [3.63, 3.8) is 0 Å². The first-order valence-electron chi connectivity index (χ1n) is 4.80. The molecule has 2 bridgehead atoms. The highest BCUT2D eigenvalue weighted by Gasteiger charge is 2.59. The van der Waals surface area contributed by atoms with Gasteiger partial charge in [0.1, 0.15) is 11.7 Å². The molecule has 1 aliphatic heterocycles. The van der Waals surface area contributed by atoms with E-state index >= 15 is 0 Å². The molecule has 15 heavy (non-hydrogen) atoms. The fraction of sp³-hybridized carbons (Fsp3) is 0.600. The quantitative estimate of drug-likeness (QED) is 0.450. The van der Waals surface area contributed by atoms with Crippen molar-refractivity contribution >= 4 is 0 Å². The third-order valence-corrected chi connectivity index (χ3v) is 3.48. The normalized spacial score (nSPS) is 42.4. The van der Waals surface area contributed by atoms with Crippen molar-refractivity contribution < 1.29 is 22.3 Å². The monoisotopic (exact) mass is 220 g/mol. The lowest BCUT2D eigenvalue weighted by atomic mass is 9.86. The molecule has 1 saturated carbocycles. The molecule has 0 saturated heterocycles. The van der Waals surface area contributed by atoms with Gasteiger partial charge in [-0.3, -0.25) is 0 Å². The SMILES string of the molecule is FC1=C(C(F)(F)F)[C@H]2[C@@H](O1)[C@@H]1C=C[C@H]2C1. The highest BCUT2D eigenvalue weighted by molar-refractivity contribution is 5.31. The van der Waals surface area contributed by atoms with E-state index in [1.807, 2.05) is 6.08 Å². The predicted octanol–water partition coefficient (Wildman–Crippen LogP) is 2.95. The highest BCUT2D eigenvalue weighted by Crippen LogP contribution is 2.56. The third kappa shape index (κ3) is 1.09. The molecule has 3 aliphatic rings. The highest BCUT2D eigenvalue weighted by atomic mass is 19.4. The Morgan fingerprint density at radius 2 is 1.87 bits per heavy atom. The Balaban J connectivity index is 2.02. The van der Waals surface area contributed by atoms with Gasteiger partial charge in [-0.1, -0.05) is 12.2 Å². The van der Waals surface area contributed by atoms with Gasteiger partial charge in [-0.2, -0.15) is 17.6 Å². The second-order valence-electron chi connectivity index (χ2n) is 4.24. The maximum absolute atomic E-state index is 13.1. The lowest BCUT2D eigenvalue weighted by Crippen LogP contribution is -2.28. The molecule has 0 spiro atoms. The van der Waals surface area contributed by atoms with Crippen LogP contribution in [0.2, 0.25) is 0 Å². The molecule has 1 fully saturated rings. The van der Waals surface area contributed by atoms with Crippen molar-refractivity contribution in [2.45, 2.75) is 18.7 Å². The standard InChI is InChI=1S/C10H8F4O/c11-9-7(10(12,13)14)6-4-1-2-5(3-4)8(6)15-9/h1-2,4-6,8H,3H2/t4-,5+,6-,8-/m0/s1. The van der Waals surface area contributed by atoms with E-state index in [1.165, 1.54) is 0 Å². The zero-order valence-electron chi connectivity index (χ0n) is 7.59. The molecule has 82 valence electrons. The number of alkyl halides is 3. The molecule has 0 aromatic carbocycles. The number of allylic oxidation sites excluding steroid dienone is 1. The molecule has 1 nitrogen and oxygen atoms in total. The molecule has 2 aliphatic carbocycles. The Labute approximate surface area is 83.4 Å². The van der Waals surface area contributed by atoms with Crippen LogP contribution in [0.25, 0.3) is 0 Å². The topological polar surface area (TPSA) is 9.23 Å². The Hall–Kier alpha value is -1.00. The van der Waals surface area contributed by atoms with Crippen molar-refractivity contribution in [1.82, 2.24) is 0 Å². The van der Waals surface area contributed by atoms with Gasteiger partial charge >= 0.3 is 6.18 Å². The second-order valence-corrected chi connectivity index (χ2v) is 4.24. The number of halogens is 4. The van der Waals surface area contributed by atoms with Crippen LogP contribution in [0.4, 0.5) is 17.6 Å². The smallest absolute Gasteiger partial charge is 0.419 e. The molecule has 5 heteroatoms. The molecule has 0 aromatic heterocycles. The average Bonchev–Trinajstić information content (AvgIpc) is 2.68. The van der Waals surface area contributed by atoms with Gasteiger partial charge in [0, 0.05) is 11.8 Å². The van der Waals surface area contributed by atoms with Gasteiger partial charge in [0.15, 0.2) is 0 Å². The zero-order valence-corrected chi connectivity index (χ0v) is 7.59. The summed E-state index contributed by atoms with van der Waals surface area (Å²) in [6.45, 7) is 0. The lowest BCUT2D eigenvalue weighted by Gasteiger charge is -2.21. The van der Waals surface area contributed by atoms with Crippen LogP contribution in [0.1, 0.15) is 6.42 Å². The van der Waals surface area contributed by atoms with Crippen LogP contribution in [-0.4, -0.2) is 12.3 Å². The molecule has 4 atom stereocenters. The lowest BCUT2D eigenvalue weighted by molar-refractivity contribution is -0.101. The number of rotatable bonds is 0. The van der Waals surface area contributed by atoms with E-state index in [4.69, 9.17) is 4.74 Å². The molecule has 3 rings (SSSR count). The fourth-order valence-corrected chi connectivity index (χ4v) is 2.93. The zero-order chi connectivity index (χ0) is 10.8. The summed E-state index contributed by atoms with van der Waals surface area (Å²) < 4.78 is 55.5. The second kappa shape index (κ2) is 2.57. The minimum Gasteiger partial charge on any atom is -0.466 e. The molecule has 0 amide bonds. The summed E-state index contributed by atoms with van der Waals surface area (Å²) in [6.07, 6.45) is -1.00. The number of fused-ring (bicyclic) bond motifs is 5. The van der Waals surface area contributed by atoms with E-state index in [9.17, 15) is 17.6 Å². The number of ether oxygens (including phenoxy) is 1. The molecular formula is C10H8F4O. The van der Waals surface area contributed by atoms with Gasteiger partial charge in [0.05, 0.1) is 0 Å². The van der Waals surface area contributed by atoms with Crippen LogP contribution in [0.5, 0.6) is 0 Å². The summed E-state index contributed by atoms with van der Waals surface area (Å²) in [5.74, 6) is -1.07. The first kappa shape index (κ1) is 9.24. The van der Waals surface area contributed by atoms with Gasteiger partial charge in [-0.25, -0.2) is 0 Å². The van der Waals surface area contributed by atoms with Crippen LogP contribution < -0.4 is 0 Å². The first-order chi connectivity index (χ1) is 6.98. The van der Waals surface area contributed by atoms with E-state index in [-0.39, 0.29) is 11.8 Å². The van der Waals surface area contributed by atoms with Crippen LogP contribution in [-0.2, 0) is 4.74 Å². The number of hydrogen-bond donors (Lipinski definition) is 0. The van der Waals surface area contributed by atoms with Gasteiger partial charge in [0.25, 0.3) is 6.01 Å². The summed E-state index contributed by atoms with van der Waals surface area (Å²) in [5.41, 5.74) is -1.09. The van der Waals surface area contributed by atoms with Crippen molar-refractivity contribution in [1.29, 1.82) is 0 Å². The van der Waals surface area contributed by atoms with Crippen molar-refractivity contribution in [3.8, 4) is 0 Å². The largest absolute Gasteiger partial charge is 0.466 e. The van der Waals surface area contributed by atoms with Gasteiger partial charge in [0.2, 0.25) is 0 Å². The van der Waals surface area contributed by atoms with Crippen LogP contribution in [0, 0.1) is 17.8 Å². The molecule has 0 N–H and O–H groups in total. The fourth-order valence-electron chi connectivity index (χ4n) is 2.93. The predicted molar refractivity (Wildman–Crippen MR) is 43.3 cm³/mol. The van der Waals surface area contributed by atoms with Crippen molar-refractivity contribution in [2.24, 2.45) is 17.8 Å². The summed E-state index contributed by atoms with van der Waals surface area (Å²) in [5, 5.41) is 0. The van der Waals surface area contributed by atoms with E-state index in [0.29, 0.717) is 6.42 Å². The summed E-state index contributed by atoms with van der Waals surface area (Å²) in [6, 6.07) is -1.42. The summed E-state index contributed by atoms with van der Waals surface area (Å²) >= 11 is 0. The first-order valence-corrected chi connectivity index (χ1v) is 4.80. The van der Waals surface area contributed by atoms with Gasteiger partial charge in [-0.15, -0.1) is 0 Å². The molecular weight excluding hydrogens is 212 g/mol. The Kier molecular flexibility index (Phi) is 1.58. The Morgan fingerprint density at radius 3 is 2.53 bits per heavy atom. The minimum atomic E-state index is -4.61. The maximum Gasteiger partial charge on any atom is 0.419 e. The summed E-state index contributed by atoms with van der Waals surface area (Å²) in [4.78, 5) is 0. The molecule has 0 unspecified atom stereocenters. The van der Waals surface area contributed by atoms with Crippen LogP contribution in [0.3, 0.4) is 0 Å². The molecule has 1 heterocycles. The van der Waals surface area contributed by atoms with Gasteiger partial charge in [-0.05, 0) is 12.3 Å². The maximum atomic E-state index is 13.1. The van der Waals surface area contributed by atoms with E-state index in [0.717, 1.165) is 0 Å². The average molecular weight is 220 g/mol. The van der Waals surface area contributed by atoms with E-state index in [1.54, 1.807) is 6.08 Å². The molecule has 0 aromatic rings.